The summed E-state index contributed by atoms with van der Waals surface area (Å²) >= 11 is 3.43. The quantitative estimate of drug-likeness (QED) is 0.831. The van der Waals surface area contributed by atoms with E-state index in [-0.39, 0.29) is 11.8 Å². The highest BCUT2D eigenvalue weighted by atomic mass is 79.9. The van der Waals surface area contributed by atoms with Gasteiger partial charge >= 0.3 is 0 Å². The van der Waals surface area contributed by atoms with Crippen molar-refractivity contribution in [2.24, 2.45) is 0 Å². The van der Waals surface area contributed by atoms with Crippen LogP contribution in [0.3, 0.4) is 0 Å². The largest absolute Gasteiger partial charge is 0.315 e. The number of hydrogen-bond donors (Lipinski definition) is 1. The lowest BCUT2D eigenvalue weighted by molar-refractivity contribution is 0.0825. The summed E-state index contributed by atoms with van der Waals surface area (Å²) in [4.78, 5) is 15.5. The molecule has 1 unspecified atom stereocenters. The van der Waals surface area contributed by atoms with E-state index in [4.69, 9.17) is 0 Å². The molecule has 1 heterocycles. The summed E-state index contributed by atoms with van der Waals surface area (Å²) in [5.41, 5.74) is 1.83. The Kier molecular flexibility index (Phi) is 5.60. The monoisotopic (exact) mass is 372 g/mol. The Morgan fingerprint density at radius 3 is 2.48 bits per heavy atom. The molecular formula is C19H21BrN2O. The molecule has 2 aromatic carbocycles. The Morgan fingerprint density at radius 2 is 1.74 bits per heavy atom. The highest BCUT2D eigenvalue weighted by Gasteiger charge is 2.28. The summed E-state index contributed by atoms with van der Waals surface area (Å²) in [5.74, 6) is 0.172. The normalized spacial score (nSPS) is 17.4. The Morgan fingerprint density at radius 1 is 1.00 bits per heavy atom. The molecule has 0 bridgehead atoms. The minimum Gasteiger partial charge on any atom is -0.315 e. The zero-order chi connectivity index (χ0) is 16.1. The number of benzene rings is 2. The molecule has 1 aliphatic rings. The van der Waals surface area contributed by atoms with Gasteiger partial charge in [-0.15, -0.1) is 0 Å². The SMILES string of the molecule is O=C(c1ccc(Br)cc1)C(c1ccccc1)N1CCCNCC1. The lowest BCUT2D eigenvalue weighted by Gasteiger charge is -2.29. The van der Waals surface area contributed by atoms with Crippen molar-refractivity contribution in [1.82, 2.24) is 10.2 Å². The molecule has 0 aromatic heterocycles. The fourth-order valence-corrected chi connectivity index (χ4v) is 3.32. The predicted octanol–water partition coefficient (Wildman–Crippen LogP) is 3.67. The predicted molar refractivity (Wildman–Crippen MR) is 96.7 cm³/mol. The van der Waals surface area contributed by atoms with Gasteiger partial charge in [-0.3, -0.25) is 9.69 Å². The van der Waals surface area contributed by atoms with Crippen LogP contribution in [0.15, 0.2) is 59.1 Å². The number of hydrogen-bond acceptors (Lipinski definition) is 3. The van der Waals surface area contributed by atoms with Gasteiger partial charge in [0.1, 0.15) is 0 Å². The molecule has 1 atom stereocenters. The van der Waals surface area contributed by atoms with Crippen LogP contribution in [-0.4, -0.2) is 36.9 Å². The maximum atomic E-state index is 13.2. The summed E-state index contributed by atoms with van der Waals surface area (Å²) in [7, 11) is 0. The fraction of sp³-hybridized carbons (Fsp3) is 0.316. The van der Waals surface area contributed by atoms with Crippen LogP contribution >= 0.6 is 15.9 Å². The first-order valence-corrected chi connectivity index (χ1v) is 8.84. The minimum atomic E-state index is -0.211. The Balaban J connectivity index is 1.93. The van der Waals surface area contributed by atoms with Crippen molar-refractivity contribution < 1.29 is 4.79 Å². The lowest BCUT2D eigenvalue weighted by Crippen LogP contribution is -2.36. The molecular weight excluding hydrogens is 352 g/mol. The topological polar surface area (TPSA) is 32.3 Å². The average molecular weight is 373 g/mol. The van der Waals surface area contributed by atoms with Crippen LogP contribution in [-0.2, 0) is 0 Å². The third-order valence-corrected chi connectivity index (χ3v) is 4.76. The average Bonchev–Trinajstić information content (AvgIpc) is 2.86. The van der Waals surface area contributed by atoms with Crippen LogP contribution in [0, 0.1) is 0 Å². The van der Waals surface area contributed by atoms with Gasteiger partial charge < -0.3 is 5.32 Å². The van der Waals surface area contributed by atoms with Crippen molar-refractivity contribution in [1.29, 1.82) is 0 Å². The van der Waals surface area contributed by atoms with E-state index in [9.17, 15) is 4.79 Å². The Labute approximate surface area is 145 Å². The molecule has 1 N–H and O–H groups in total. The molecule has 3 nitrogen and oxygen atoms in total. The standard InChI is InChI=1S/C19H21BrN2O/c20-17-9-7-16(8-10-17)19(23)18(15-5-2-1-3-6-15)22-13-4-11-21-12-14-22/h1-3,5-10,18,21H,4,11-14H2. The molecule has 120 valence electrons. The van der Waals surface area contributed by atoms with E-state index in [0.717, 1.165) is 48.2 Å². The van der Waals surface area contributed by atoms with E-state index in [1.165, 1.54) is 0 Å². The molecule has 3 rings (SSSR count). The van der Waals surface area contributed by atoms with Crippen molar-refractivity contribution in [2.45, 2.75) is 12.5 Å². The second kappa shape index (κ2) is 7.86. The number of rotatable bonds is 4. The van der Waals surface area contributed by atoms with Gasteiger partial charge in [0.05, 0.1) is 6.04 Å². The number of carbonyl (C=O) groups excluding carboxylic acids is 1. The van der Waals surface area contributed by atoms with Crippen LogP contribution in [0.4, 0.5) is 0 Å². The smallest absolute Gasteiger partial charge is 0.184 e. The maximum Gasteiger partial charge on any atom is 0.184 e. The molecule has 23 heavy (non-hydrogen) atoms. The highest BCUT2D eigenvalue weighted by Crippen LogP contribution is 2.26. The van der Waals surface area contributed by atoms with E-state index >= 15 is 0 Å². The molecule has 0 radical (unpaired) electrons. The number of ketones is 1. The minimum absolute atomic E-state index is 0.172. The van der Waals surface area contributed by atoms with Crippen molar-refractivity contribution in [3.63, 3.8) is 0 Å². The fourth-order valence-electron chi connectivity index (χ4n) is 3.06. The number of halogens is 1. The van der Waals surface area contributed by atoms with Gasteiger partial charge in [-0.1, -0.05) is 58.4 Å². The van der Waals surface area contributed by atoms with Crippen molar-refractivity contribution in [3.05, 3.63) is 70.2 Å². The van der Waals surface area contributed by atoms with Crippen LogP contribution < -0.4 is 5.32 Å². The van der Waals surface area contributed by atoms with Gasteiger partial charge in [-0.25, -0.2) is 0 Å². The van der Waals surface area contributed by atoms with Gasteiger partial charge in [-0.05, 0) is 30.7 Å². The van der Waals surface area contributed by atoms with E-state index in [1.54, 1.807) is 0 Å². The van der Waals surface area contributed by atoms with Gasteiger partial charge in [0.15, 0.2) is 5.78 Å². The first-order chi connectivity index (χ1) is 11.3. The van der Waals surface area contributed by atoms with Gasteiger partial charge in [0.25, 0.3) is 0 Å². The molecule has 1 aliphatic heterocycles. The van der Waals surface area contributed by atoms with Gasteiger partial charge in [-0.2, -0.15) is 0 Å². The first-order valence-electron chi connectivity index (χ1n) is 8.05. The van der Waals surface area contributed by atoms with Gasteiger partial charge in [0.2, 0.25) is 0 Å². The van der Waals surface area contributed by atoms with Crippen molar-refractivity contribution in [3.8, 4) is 0 Å². The van der Waals surface area contributed by atoms with E-state index < -0.39 is 0 Å². The summed E-state index contributed by atoms with van der Waals surface area (Å²) in [6, 6.07) is 17.6. The van der Waals surface area contributed by atoms with Crippen LogP contribution in [0.2, 0.25) is 0 Å². The summed E-state index contributed by atoms with van der Waals surface area (Å²) in [6.45, 7) is 3.78. The van der Waals surface area contributed by atoms with Crippen molar-refractivity contribution >= 4 is 21.7 Å². The molecule has 1 saturated heterocycles. The number of nitrogens with one attached hydrogen (secondary N) is 1. The van der Waals surface area contributed by atoms with Crippen LogP contribution in [0.1, 0.15) is 28.4 Å². The van der Waals surface area contributed by atoms with Gasteiger partial charge in [0, 0.05) is 29.7 Å². The second-order valence-corrected chi connectivity index (χ2v) is 6.74. The zero-order valence-corrected chi connectivity index (χ0v) is 14.6. The van der Waals surface area contributed by atoms with E-state index in [2.05, 4.69) is 38.3 Å². The van der Waals surface area contributed by atoms with E-state index in [0.29, 0.717) is 0 Å². The summed E-state index contributed by atoms with van der Waals surface area (Å²) in [5, 5.41) is 3.41. The molecule has 2 aromatic rings. The Bertz CT molecular complexity index is 634. The molecule has 4 heteroatoms. The van der Waals surface area contributed by atoms with E-state index in [1.807, 2.05) is 42.5 Å². The molecule has 0 amide bonds. The zero-order valence-electron chi connectivity index (χ0n) is 13.0. The second-order valence-electron chi connectivity index (χ2n) is 5.82. The summed E-state index contributed by atoms with van der Waals surface area (Å²) < 4.78 is 0.990. The molecule has 1 fully saturated rings. The highest BCUT2D eigenvalue weighted by molar-refractivity contribution is 9.10. The third kappa shape index (κ3) is 4.08. The Hall–Kier alpha value is -1.49. The maximum absolute atomic E-state index is 13.2. The molecule has 0 saturated carbocycles. The lowest BCUT2D eigenvalue weighted by atomic mass is 9.95. The first kappa shape index (κ1) is 16.4. The summed E-state index contributed by atoms with van der Waals surface area (Å²) in [6.07, 6.45) is 1.07. The van der Waals surface area contributed by atoms with Crippen molar-refractivity contribution in [2.75, 3.05) is 26.2 Å². The number of nitrogens with zero attached hydrogens (tertiary/aromatic N) is 1. The third-order valence-electron chi connectivity index (χ3n) is 4.23. The number of carbonyl (C=O) groups is 1. The molecule has 0 spiro atoms. The van der Waals surface area contributed by atoms with Crippen LogP contribution in [0.5, 0.6) is 0 Å². The van der Waals surface area contributed by atoms with Crippen LogP contribution in [0.25, 0.3) is 0 Å². The number of Topliss-reactive ketones (excluding diaryl/α,β-unsaturated/α-hetero) is 1. The molecule has 0 aliphatic carbocycles.